The zero-order valence-corrected chi connectivity index (χ0v) is 9.61. The fourth-order valence-electron chi connectivity index (χ4n) is 3.38. The Morgan fingerprint density at radius 3 is 2.40 bits per heavy atom. The standard InChI is InChI=1S/C12H22N2O/c1-14-11-2-3-12(14)5-9(4-11)6-13-10-7-15-8-10/h9-13H,2-8H2,1H3. The number of nitrogens with one attached hydrogen (secondary N) is 1. The highest BCUT2D eigenvalue weighted by Crippen LogP contribution is 2.37. The average molecular weight is 210 g/mol. The van der Waals surface area contributed by atoms with Gasteiger partial charge in [-0.1, -0.05) is 0 Å². The van der Waals surface area contributed by atoms with Crippen molar-refractivity contribution in [3.05, 3.63) is 0 Å². The molecule has 86 valence electrons. The SMILES string of the molecule is CN1C2CCC1CC(CNC1COC1)C2. The topological polar surface area (TPSA) is 24.5 Å². The van der Waals surface area contributed by atoms with Crippen molar-refractivity contribution in [1.29, 1.82) is 0 Å². The van der Waals surface area contributed by atoms with Crippen LogP contribution in [0.3, 0.4) is 0 Å². The molecular weight excluding hydrogens is 188 g/mol. The molecule has 2 atom stereocenters. The van der Waals surface area contributed by atoms with Crippen LogP contribution in [0.15, 0.2) is 0 Å². The van der Waals surface area contributed by atoms with Crippen LogP contribution < -0.4 is 5.32 Å². The van der Waals surface area contributed by atoms with Gasteiger partial charge in [-0.25, -0.2) is 0 Å². The summed E-state index contributed by atoms with van der Waals surface area (Å²) in [7, 11) is 2.31. The molecule has 3 nitrogen and oxygen atoms in total. The van der Waals surface area contributed by atoms with E-state index in [1.807, 2.05) is 0 Å². The van der Waals surface area contributed by atoms with Crippen molar-refractivity contribution in [2.45, 2.75) is 43.8 Å². The first-order chi connectivity index (χ1) is 7.33. The van der Waals surface area contributed by atoms with Gasteiger partial charge in [0.25, 0.3) is 0 Å². The zero-order chi connectivity index (χ0) is 10.3. The van der Waals surface area contributed by atoms with Crippen molar-refractivity contribution in [2.75, 3.05) is 26.8 Å². The molecule has 0 aliphatic carbocycles. The van der Waals surface area contributed by atoms with Crippen LogP contribution in [0.5, 0.6) is 0 Å². The molecule has 1 N–H and O–H groups in total. The lowest BCUT2D eigenvalue weighted by Gasteiger charge is -2.37. The van der Waals surface area contributed by atoms with Crippen molar-refractivity contribution in [1.82, 2.24) is 10.2 Å². The van der Waals surface area contributed by atoms with Gasteiger partial charge >= 0.3 is 0 Å². The lowest BCUT2D eigenvalue weighted by atomic mass is 9.91. The van der Waals surface area contributed by atoms with Crippen LogP contribution in [0.4, 0.5) is 0 Å². The molecule has 15 heavy (non-hydrogen) atoms. The van der Waals surface area contributed by atoms with E-state index >= 15 is 0 Å². The van der Waals surface area contributed by atoms with Gasteiger partial charge in [0.1, 0.15) is 0 Å². The Labute approximate surface area is 92.2 Å². The van der Waals surface area contributed by atoms with E-state index in [-0.39, 0.29) is 0 Å². The molecule has 3 heterocycles. The number of piperidine rings is 1. The van der Waals surface area contributed by atoms with Crippen molar-refractivity contribution in [2.24, 2.45) is 5.92 Å². The number of hydrogen-bond acceptors (Lipinski definition) is 3. The quantitative estimate of drug-likeness (QED) is 0.747. The van der Waals surface area contributed by atoms with Gasteiger partial charge in [0, 0.05) is 12.1 Å². The maximum Gasteiger partial charge on any atom is 0.0643 e. The van der Waals surface area contributed by atoms with Crippen LogP contribution in [-0.2, 0) is 4.74 Å². The second-order valence-electron chi connectivity index (χ2n) is 5.53. The van der Waals surface area contributed by atoms with E-state index in [1.54, 1.807) is 0 Å². The predicted octanol–water partition coefficient (Wildman–Crippen LogP) is 0.848. The van der Waals surface area contributed by atoms with Gasteiger partial charge in [-0.2, -0.15) is 0 Å². The summed E-state index contributed by atoms with van der Waals surface area (Å²) in [5.74, 6) is 0.916. The first-order valence-corrected chi connectivity index (χ1v) is 6.36. The number of ether oxygens (including phenoxy) is 1. The largest absolute Gasteiger partial charge is 0.378 e. The molecule has 2 unspecified atom stereocenters. The monoisotopic (exact) mass is 210 g/mol. The summed E-state index contributed by atoms with van der Waals surface area (Å²) < 4.78 is 5.18. The maximum atomic E-state index is 5.18. The Hall–Kier alpha value is -0.120. The molecule has 3 aliphatic heterocycles. The van der Waals surface area contributed by atoms with Crippen molar-refractivity contribution >= 4 is 0 Å². The number of nitrogens with zero attached hydrogens (tertiary/aromatic N) is 1. The molecule has 0 aromatic carbocycles. The normalized spacial score (nSPS) is 41.8. The Morgan fingerprint density at radius 1 is 1.20 bits per heavy atom. The van der Waals surface area contributed by atoms with Gasteiger partial charge in [-0.15, -0.1) is 0 Å². The van der Waals surface area contributed by atoms with E-state index in [0.29, 0.717) is 6.04 Å². The number of rotatable bonds is 3. The zero-order valence-electron chi connectivity index (χ0n) is 9.61. The fraction of sp³-hybridized carbons (Fsp3) is 1.00. The molecule has 3 fully saturated rings. The Kier molecular flexibility index (Phi) is 2.71. The average Bonchev–Trinajstić information content (AvgIpc) is 2.40. The highest BCUT2D eigenvalue weighted by atomic mass is 16.5. The van der Waals surface area contributed by atoms with Crippen LogP contribution >= 0.6 is 0 Å². The first kappa shape index (κ1) is 10.1. The summed E-state index contributed by atoms with van der Waals surface area (Å²) in [6.45, 7) is 3.08. The van der Waals surface area contributed by atoms with Crippen LogP contribution in [0.2, 0.25) is 0 Å². The third-order valence-electron chi connectivity index (χ3n) is 4.53. The first-order valence-electron chi connectivity index (χ1n) is 6.36. The molecule has 3 heteroatoms. The molecule has 0 saturated carbocycles. The van der Waals surface area contributed by atoms with E-state index in [1.165, 1.54) is 32.2 Å². The second kappa shape index (κ2) is 4.04. The molecule has 2 bridgehead atoms. The number of fused-ring (bicyclic) bond motifs is 2. The smallest absolute Gasteiger partial charge is 0.0643 e. The lowest BCUT2D eigenvalue weighted by molar-refractivity contribution is -0.00842. The summed E-state index contributed by atoms with van der Waals surface area (Å²) >= 11 is 0. The summed E-state index contributed by atoms with van der Waals surface area (Å²) in [4.78, 5) is 2.61. The van der Waals surface area contributed by atoms with Gasteiger partial charge in [0.2, 0.25) is 0 Å². The summed E-state index contributed by atoms with van der Waals surface area (Å²) in [6.07, 6.45) is 5.69. The molecular formula is C12H22N2O. The Morgan fingerprint density at radius 2 is 1.87 bits per heavy atom. The van der Waals surface area contributed by atoms with Crippen LogP contribution in [-0.4, -0.2) is 49.8 Å². The Balaban J connectivity index is 1.47. The highest BCUT2D eigenvalue weighted by Gasteiger charge is 2.38. The van der Waals surface area contributed by atoms with Gasteiger partial charge < -0.3 is 15.0 Å². The van der Waals surface area contributed by atoms with Crippen LogP contribution in [0.25, 0.3) is 0 Å². The van der Waals surface area contributed by atoms with Gasteiger partial charge in [0.15, 0.2) is 0 Å². The van der Waals surface area contributed by atoms with Gasteiger partial charge in [0.05, 0.1) is 19.3 Å². The van der Waals surface area contributed by atoms with Gasteiger partial charge in [-0.3, -0.25) is 0 Å². The second-order valence-corrected chi connectivity index (χ2v) is 5.53. The van der Waals surface area contributed by atoms with E-state index < -0.39 is 0 Å². The predicted molar refractivity (Wildman–Crippen MR) is 59.9 cm³/mol. The minimum absolute atomic E-state index is 0.655. The van der Waals surface area contributed by atoms with E-state index in [2.05, 4.69) is 17.3 Å². The summed E-state index contributed by atoms with van der Waals surface area (Å²) in [5.41, 5.74) is 0. The van der Waals surface area contributed by atoms with E-state index in [0.717, 1.165) is 31.2 Å². The molecule has 3 rings (SSSR count). The molecule has 3 aliphatic rings. The van der Waals surface area contributed by atoms with Crippen molar-refractivity contribution in [3.63, 3.8) is 0 Å². The van der Waals surface area contributed by atoms with Crippen LogP contribution in [0, 0.1) is 5.92 Å². The molecule has 0 aromatic heterocycles. The number of hydrogen-bond donors (Lipinski definition) is 1. The lowest BCUT2D eigenvalue weighted by Crippen LogP contribution is -2.49. The molecule has 3 saturated heterocycles. The minimum Gasteiger partial charge on any atom is -0.378 e. The summed E-state index contributed by atoms with van der Waals surface area (Å²) in [6, 6.07) is 2.42. The molecule has 0 spiro atoms. The molecule has 0 aromatic rings. The van der Waals surface area contributed by atoms with E-state index in [9.17, 15) is 0 Å². The Bertz CT molecular complexity index is 216. The maximum absolute atomic E-state index is 5.18. The van der Waals surface area contributed by atoms with Crippen LogP contribution in [0.1, 0.15) is 25.7 Å². The van der Waals surface area contributed by atoms with Gasteiger partial charge in [-0.05, 0) is 45.2 Å². The third kappa shape index (κ3) is 1.93. The van der Waals surface area contributed by atoms with Crippen molar-refractivity contribution in [3.8, 4) is 0 Å². The van der Waals surface area contributed by atoms with E-state index in [4.69, 9.17) is 4.74 Å². The third-order valence-corrected chi connectivity index (χ3v) is 4.53. The minimum atomic E-state index is 0.655. The fourth-order valence-corrected chi connectivity index (χ4v) is 3.38. The summed E-state index contributed by atoms with van der Waals surface area (Å²) in [5, 5.41) is 3.63. The molecule has 0 radical (unpaired) electrons. The molecule has 0 amide bonds. The van der Waals surface area contributed by atoms with Crippen molar-refractivity contribution < 1.29 is 4.74 Å². The highest BCUT2D eigenvalue weighted by molar-refractivity contribution is 4.94.